The molecule has 3 nitrogen and oxygen atoms in total. The fourth-order valence-corrected chi connectivity index (χ4v) is 2.59. The lowest BCUT2D eigenvalue weighted by Gasteiger charge is -2.21. The topological polar surface area (TPSA) is 44.5 Å². The maximum atomic E-state index is 6.15. The zero-order chi connectivity index (χ0) is 11.5. The van der Waals surface area contributed by atoms with E-state index in [1.165, 1.54) is 6.42 Å². The van der Waals surface area contributed by atoms with Gasteiger partial charge in [-0.15, -0.1) is 0 Å². The molecule has 1 aromatic carbocycles. The molecule has 1 saturated carbocycles. The van der Waals surface area contributed by atoms with Crippen LogP contribution in [0.4, 0.5) is 0 Å². The van der Waals surface area contributed by atoms with Gasteiger partial charge in [-0.05, 0) is 25.0 Å². The van der Waals surface area contributed by atoms with Crippen molar-refractivity contribution in [1.29, 1.82) is 0 Å². The van der Waals surface area contributed by atoms with Crippen molar-refractivity contribution in [3.05, 3.63) is 23.8 Å². The van der Waals surface area contributed by atoms with Gasteiger partial charge in [-0.1, -0.05) is 12.5 Å². The highest BCUT2D eigenvalue weighted by atomic mass is 16.5. The van der Waals surface area contributed by atoms with Crippen molar-refractivity contribution in [2.24, 2.45) is 5.73 Å². The molecule has 0 amide bonds. The monoisotopic (exact) mass is 221 g/mol. The molecule has 0 heterocycles. The Bertz CT molecular complexity index is 343. The standard InChI is InChI=1S/C13H19NO2/c1-15-11-7-4-8-12(16-2)13(11)9-5-3-6-10(9)14/h4,7-10H,3,5-6,14H2,1-2H3. The lowest BCUT2D eigenvalue weighted by molar-refractivity contribution is 0.375. The Morgan fingerprint density at radius 2 is 1.75 bits per heavy atom. The van der Waals surface area contributed by atoms with E-state index < -0.39 is 0 Å². The van der Waals surface area contributed by atoms with Gasteiger partial charge in [0.05, 0.1) is 14.2 Å². The van der Waals surface area contributed by atoms with Crippen LogP contribution in [0.3, 0.4) is 0 Å². The zero-order valence-corrected chi connectivity index (χ0v) is 9.90. The summed E-state index contributed by atoms with van der Waals surface area (Å²) in [6.07, 6.45) is 3.40. The van der Waals surface area contributed by atoms with E-state index in [4.69, 9.17) is 15.2 Å². The molecule has 2 unspecified atom stereocenters. The number of methoxy groups -OCH3 is 2. The molecule has 0 radical (unpaired) electrons. The smallest absolute Gasteiger partial charge is 0.126 e. The molecule has 0 bridgehead atoms. The summed E-state index contributed by atoms with van der Waals surface area (Å²) in [5, 5.41) is 0. The molecule has 0 aromatic heterocycles. The van der Waals surface area contributed by atoms with Gasteiger partial charge in [0, 0.05) is 17.5 Å². The highest BCUT2D eigenvalue weighted by molar-refractivity contribution is 5.48. The summed E-state index contributed by atoms with van der Waals surface area (Å²) >= 11 is 0. The first-order valence-electron chi connectivity index (χ1n) is 5.74. The van der Waals surface area contributed by atoms with Gasteiger partial charge in [-0.2, -0.15) is 0 Å². The normalized spacial score (nSPS) is 24.4. The van der Waals surface area contributed by atoms with Crippen molar-refractivity contribution in [2.45, 2.75) is 31.2 Å². The quantitative estimate of drug-likeness (QED) is 0.851. The highest BCUT2D eigenvalue weighted by Crippen LogP contribution is 2.42. The van der Waals surface area contributed by atoms with Crippen LogP contribution in [0.25, 0.3) is 0 Å². The van der Waals surface area contributed by atoms with Crippen molar-refractivity contribution >= 4 is 0 Å². The first kappa shape index (κ1) is 11.3. The highest BCUT2D eigenvalue weighted by Gasteiger charge is 2.30. The molecule has 16 heavy (non-hydrogen) atoms. The molecular formula is C13H19NO2. The van der Waals surface area contributed by atoms with Gasteiger partial charge in [0.25, 0.3) is 0 Å². The van der Waals surface area contributed by atoms with E-state index in [-0.39, 0.29) is 6.04 Å². The van der Waals surface area contributed by atoms with Crippen LogP contribution in [0.2, 0.25) is 0 Å². The van der Waals surface area contributed by atoms with E-state index in [1.54, 1.807) is 14.2 Å². The minimum absolute atomic E-state index is 0.227. The van der Waals surface area contributed by atoms with Gasteiger partial charge >= 0.3 is 0 Å². The molecule has 3 heteroatoms. The predicted octanol–water partition coefficient (Wildman–Crippen LogP) is 2.30. The second-order valence-corrected chi connectivity index (χ2v) is 4.28. The van der Waals surface area contributed by atoms with Crippen molar-refractivity contribution in [2.75, 3.05) is 14.2 Å². The van der Waals surface area contributed by atoms with Gasteiger partial charge in [0.15, 0.2) is 0 Å². The Balaban J connectivity index is 2.43. The number of hydrogen-bond acceptors (Lipinski definition) is 3. The average Bonchev–Trinajstić information content (AvgIpc) is 2.74. The zero-order valence-electron chi connectivity index (χ0n) is 9.90. The third-order valence-electron chi connectivity index (χ3n) is 3.41. The third-order valence-corrected chi connectivity index (χ3v) is 3.41. The summed E-state index contributed by atoms with van der Waals surface area (Å²) in [7, 11) is 3.39. The van der Waals surface area contributed by atoms with Crippen molar-refractivity contribution in [3.63, 3.8) is 0 Å². The summed E-state index contributed by atoms with van der Waals surface area (Å²) in [6, 6.07) is 6.12. The van der Waals surface area contributed by atoms with Crippen LogP contribution < -0.4 is 15.2 Å². The fraction of sp³-hybridized carbons (Fsp3) is 0.538. The number of ether oxygens (including phenoxy) is 2. The molecule has 1 aromatic rings. The van der Waals surface area contributed by atoms with Gasteiger partial charge in [0.2, 0.25) is 0 Å². The first-order chi connectivity index (χ1) is 7.77. The van der Waals surface area contributed by atoms with Crippen molar-refractivity contribution in [1.82, 2.24) is 0 Å². The number of hydrogen-bond donors (Lipinski definition) is 1. The maximum Gasteiger partial charge on any atom is 0.126 e. The summed E-state index contributed by atoms with van der Waals surface area (Å²) in [4.78, 5) is 0. The van der Waals surface area contributed by atoms with Crippen molar-refractivity contribution in [3.8, 4) is 11.5 Å². The first-order valence-corrected chi connectivity index (χ1v) is 5.74. The lowest BCUT2D eigenvalue weighted by Crippen LogP contribution is -2.23. The minimum atomic E-state index is 0.227. The molecule has 1 aliphatic carbocycles. The van der Waals surface area contributed by atoms with E-state index in [0.717, 1.165) is 29.9 Å². The van der Waals surface area contributed by atoms with E-state index in [9.17, 15) is 0 Å². The molecule has 88 valence electrons. The SMILES string of the molecule is COc1cccc(OC)c1C1CCCC1N. The van der Waals surface area contributed by atoms with Crippen LogP contribution in [0, 0.1) is 0 Å². The summed E-state index contributed by atoms with van der Waals surface area (Å²) in [6.45, 7) is 0. The van der Waals surface area contributed by atoms with Gasteiger partial charge < -0.3 is 15.2 Å². The van der Waals surface area contributed by atoms with Crippen LogP contribution >= 0.6 is 0 Å². The minimum Gasteiger partial charge on any atom is -0.496 e. The van der Waals surface area contributed by atoms with E-state index in [2.05, 4.69) is 0 Å². The Hall–Kier alpha value is -1.22. The summed E-state index contributed by atoms with van der Waals surface area (Å²) < 4.78 is 10.8. The van der Waals surface area contributed by atoms with E-state index >= 15 is 0 Å². The Labute approximate surface area is 96.5 Å². The third kappa shape index (κ3) is 1.87. The van der Waals surface area contributed by atoms with Crippen LogP contribution in [-0.4, -0.2) is 20.3 Å². The molecule has 0 saturated heterocycles. The molecule has 0 spiro atoms. The van der Waals surface area contributed by atoms with Gasteiger partial charge in [-0.3, -0.25) is 0 Å². The average molecular weight is 221 g/mol. The lowest BCUT2D eigenvalue weighted by atomic mass is 9.93. The molecule has 2 N–H and O–H groups in total. The van der Waals surface area contributed by atoms with Crippen LogP contribution in [0.15, 0.2) is 18.2 Å². The summed E-state index contributed by atoms with van der Waals surface area (Å²) in [5.41, 5.74) is 7.28. The predicted molar refractivity (Wildman–Crippen MR) is 64.1 cm³/mol. The molecule has 2 atom stereocenters. The number of rotatable bonds is 3. The largest absolute Gasteiger partial charge is 0.496 e. The van der Waals surface area contributed by atoms with Gasteiger partial charge in [0.1, 0.15) is 11.5 Å². The second-order valence-electron chi connectivity index (χ2n) is 4.28. The molecule has 2 rings (SSSR count). The Morgan fingerprint density at radius 3 is 2.19 bits per heavy atom. The molecular weight excluding hydrogens is 202 g/mol. The molecule has 1 aliphatic rings. The van der Waals surface area contributed by atoms with E-state index in [1.807, 2.05) is 18.2 Å². The van der Waals surface area contributed by atoms with Crippen LogP contribution in [0.5, 0.6) is 11.5 Å². The Morgan fingerprint density at radius 1 is 1.12 bits per heavy atom. The van der Waals surface area contributed by atoms with E-state index in [0.29, 0.717) is 5.92 Å². The maximum absolute atomic E-state index is 6.15. The van der Waals surface area contributed by atoms with Crippen LogP contribution in [0.1, 0.15) is 30.7 Å². The van der Waals surface area contributed by atoms with Gasteiger partial charge in [-0.25, -0.2) is 0 Å². The Kier molecular flexibility index (Phi) is 3.34. The van der Waals surface area contributed by atoms with Crippen molar-refractivity contribution < 1.29 is 9.47 Å². The summed E-state index contributed by atoms with van der Waals surface area (Å²) in [5.74, 6) is 2.15. The number of nitrogens with two attached hydrogens (primary N) is 1. The van der Waals surface area contributed by atoms with Crippen LogP contribution in [-0.2, 0) is 0 Å². The molecule has 1 fully saturated rings. The number of benzene rings is 1. The fourth-order valence-electron chi connectivity index (χ4n) is 2.59. The second kappa shape index (κ2) is 4.74. The molecule has 0 aliphatic heterocycles.